The zero-order valence-corrected chi connectivity index (χ0v) is 19.9. The fraction of sp³-hybridized carbons (Fsp3) is 0.154. The first-order chi connectivity index (χ1) is 16.4. The molecule has 1 aliphatic rings. The van der Waals surface area contributed by atoms with E-state index in [4.69, 9.17) is 4.74 Å². The largest absolute Gasteiger partial charge is 0.507 e. The maximum Gasteiger partial charge on any atom is 0.338 e. The van der Waals surface area contributed by atoms with Crippen LogP contribution in [0.2, 0.25) is 0 Å². The third-order valence-electron chi connectivity index (χ3n) is 5.38. The number of rotatable bonds is 6. The Hall–Kier alpha value is -3.78. The number of benzene rings is 2. The molecule has 1 saturated heterocycles. The van der Waals surface area contributed by atoms with Crippen molar-refractivity contribution in [3.05, 3.63) is 99.8 Å². The lowest BCUT2D eigenvalue weighted by Crippen LogP contribution is -2.29. The Kier molecular flexibility index (Phi) is 6.88. The van der Waals surface area contributed by atoms with Crippen LogP contribution in [0.1, 0.15) is 40.9 Å². The summed E-state index contributed by atoms with van der Waals surface area (Å²) in [5, 5.41) is 11.1. The van der Waals surface area contributed by atoms with Crippen LogP contribution in [0.3, 0.4) is 0 Å². The van der Waals surface area contributed by atoms with Crippen LogP contribution in [-0.4, -0.2) is 34.4 Å². The normalized spacial score (nSPS) is 17.1. The maximum atomic E-state index is 13.2. The van der Waals surface area contributed by atoms with Crippen LogP contribution < -0.4 is 4.90 Å². The van der Waals surface area contributed by atoms with Gasteiger partial charge in [0.15, 0.2) is 0 Å². The second kappa shape index (κ2) is 10.0. The van der Waals surface area contributed by atoms with Gasteiger partial charge in [0.25, 0.3) is 11.7 Å². The Morgan fingerprint density at radius 3 is 2.35 bits per heavy atom. The summed E-state index contributed by atoms with van der Waals surface area (Å²) in [6.45, 7) is 2.21. The van der Waals surface area contributed by atoms with Crippen molar-refractivity contribution in [3.63, 3.8) is 0 Å². The number of anilines is 1. The Morgan fingerprint density at radius 2 is 1.74 bits per heavy atom. The molecule has 1 amide bonds. The molecule has 1 aromatic heterocycles. The van der Waals surface area contributed by atoms with Gasteiger partial charge >= 0.3 is 5.97 Å². The Balaban J connectivity index is 1.80. The molecular formula is C26H21BrN2O5. The smallest absolute Gasteiger partial charge is 0.338 e. The van der Waals surface area contributed by atoms with Gasteiger partial charge < -0.3 is 9.84 Å². The zero-order chi connectivity index (χ0) is 24.2. The highest BCUT2D eigenvalue weighted by molar-refractivity contribution is 9.10. The lowest BCUT2D eigenvalue weighted by Gasteiger charge is -2.25. The maximum absolute atomic E-state index is 13.2. The molecule has 4 rings (SSSR count). The number of ketones is 1. The molecule has 1 unspecified atom stereocenters. The van der Waals surface area contributed by atoms with Crippen molar-refractivity contribution in [2.75, 3.05) is 11.5 Å². The van der Waals surface area contributed by atoms with Crippen LogP contribution in [0, 0.1) is 0 Å². The number of hydrogen-bond acceptors (Lipinski definition) is 6. The fourth-order valence-electron chi connectivity index (χ4n) is 3.75. The summed E-state index contributed by atoms with van der Waals surface area (Å²) in [4.78, 5) is 43.9. The first-order valence-electron chi connectivity index (χ1n) is 10.7. The second-order valence-corrected chi connectivity index (χ2v) is 8.56. The van der Waals surface area contributed by atoms with E-state index in [0.29, 0.717) is 35.4 Å². The summed E-state index contributed by atoms with van der Waals surface area (Å²) in [5.41, 5.74) is 1.67. The van der Waals surface area contributed by atoms with Gasteiger partial charge in [-0.05, 0) is 54.4 Å². The number of nitrogens with zero attached hydrogens (tertiary/aromatic N) is 2. The van der Waals surface area contributed by atoms with Gasteiger partial charge in [-0.15, -0.1) is 0 Å². The summed E-state index contributed by atoms with van der Waals surface area (Å²) in [6, 6.07) is 15.6. The topological polar surface area (TPSA) is 96.8 Å². The highest BCUT2D eigenvalue weighted by Gasteiger charge is 2.47. The van der Waals surface area contributed by atoms with Crippen molar-refractivity contribution < 1.29 is 24.2 Å². The molecule has 2 heterocycles. The SMILES string of the molecule is CCCOC(=O)c1ccc(N2C(=O)C(=O)/C(=C(/O)c3ccc(Br)cc3)C2c2cccnc2)cc1. The van der Waals surface area contributed by atoms with Gasteiger partial charge in [0.1, 0.15) is 5.76 Å². The molecule has 1 atom stereocenters. The number of aliphatic hydroxyl groups is 1. The van der Waals surface area contributed by atoms with E-state index in [9.17, 15) is 19.5 Å². The first-order valence-corrected chi connectivity index (χ1v) is 11.5. The van der Waals surface area contributed by atoms with Crippen LogP contribution in [0.25, 0.3) is 5.76 Å². The highest BCUT2D eigenvalue weighted by Crippen LogP contribution is 2.42. The van der Waals surface area contributed by atoms with Crippen molar-refractivity contribution in [3.8, 4) is 0 Å². The number of hydrogen-bond donors (Lipinski definition) is 1. The van der Waals surface area contributed by atoms with E-state index < -0.39 is 23.7 Å². The number of aliphatic hydroxyl groups excluding tert-OH is 1. The second-order valence-electron chi connectivity index (χ2n) is 7.65. The van der Waals surface area contributed by atoms with Gasteiger partial charge in [-0.2, -0.15) is 0 Å². The highest BCUT2D eigenvalue weighted by atomic mass is 79.9. The Labute approximate surface area is 204 Å². The summed E-state index contributed by atoms with van der Waals surface area (Å²) in [7, 11) is 0. The molecule has 2 aromatic carbocycles. The molecular weight excluding hydrogens is 500 g/mol. The third kappa shape index (κ3) is 4.49. The number of carbonyl (C=O) groups excluding carboxylic acids is 3. The molecule has 8 heteroatoms. The Morgan fingerprint density at radius 1 is 1.06 bits per heavy atom. The quantitative estimate of drug-likeness (QED) is 0.211. The van der Waals surface area contributed by atoms with Crippen LogP contribution in [0.5, 0.6) is 0 Å². The molecule has 1 aliphatic heterocycles. The summed E-state index contributed by atoms with van der Waals surface area (Å²) in [6.07, 6.45) is 3.84. The summed E-state index contributed by atoms with van der Waals surface area (Å²) < 4.78 is 5.96. The number of halogens is 1. The molecule has 172 valence electrons. The molecule has 1 N–H and O–H groups in total. The van der Waals surface area contributed by atoms with E-state index in [1.54, 1.807) is 73.1 Å². The predicted molar refractivity (Wildman–Crippen MR) is 130 cm³/mol. The van der Waals surface area contributed by atoms with E-state index in [1.807, 2.05) is 6.92 Å². The van der Waals surface area contributed by atoms with Gasteiger partial charge in [-0.25, -0.2) is 4.79 Å². The molecule has 1 fully saturated rings. The minimum atomic E-state index is -0.893. The molecule has 0 spiro atoms. The number of ether oxygens (including phenoxy) is 1. The third-order valence-corrected chi connectivity index (χ3v) is 5.91. The van der Waals surface area contributed by atoms with Gasteiger partial charge in [0.2, 0.25) is 0 Å². The van der Waals surface area contributed by atoms with Crippen molar-refractivity contribution in [2.24, 2.45) is 0 Å². The van der Waals surface area contributed by atoms with Gasteiger partial charge in [-0.3, -0.25) is 19.5 Å². The van der Waals surface area contributed by atoms with Crippen molar-refractivity contribution in [2.45, 2.75) is 19.4 Å². The molecule has 0 radical (unpaired) electrons. The van der Waals surface area contributed by atoms with Gasteiger partial charge in [0.05, 0.1) is 23.8 Å². The van der Waals surface area contributed by atoms with Crippen molar-refractivity contribution >= 4 is 45.0 Å². The van der Waals surface area contributed by atoms with Crippen molar-refractivity contribution in [1.29, 1.82) is 0 Å². The summed E-state index contributed by atoms with van der Waals surface area (Å²) >= 11 is 3.35. The average Bonchev–Trinajstić information content (AvgIpc) is 3.13. The minimum Gasteiger partial charge on any atom is -0.507 e. The summed E-state index contributed by atoms with van der Waals surface area (Å²) in [5.74, 6) is -2.33. The molecule has 7 nitrogen and oxygen atoms in total. The number of carbonyl (C=O) groups is 3. The first kappa shape index (κ1) is 23.4. The average molecular weight is 521 g/mol. The lowest BCUT2D eigenvalue weighted by molar-refractivity contribution is -0.132. The van der Waals surface area contributed by atoms with E-state index >= 15 is 0 Å². The fourth-order valence-corrected chi connectivity index (χ4v) is 4.02. The van der Waals surface area contributed by atoms with E-state index in [-0.39, 0.29) is 11.3 Å². The number of amides is 1. The van der Waals surface area contributed by atoms with Crippen LogP contribution >= 0.6 is 15.9 Å². The molecule has 0 bridgehead atoms. The van der Waals surface area contributed by atoms with Gasteiger partial charge in [-0.1, -0.05) is 41.1 Å². The Bertz CT molecular complexity index is 1250. The molecule has 0 aliphatic carbocycles. The standard InChI is InChI=1S/C26H21BrN2O5/c1-2-14-34-26(33)17-7-11-20(12-8-17)29-22(18-4-3-13-28-15-18)21(24(31)25(29)32)23(30)16-5-9-19(27)10-6-16/h3-13,15,22,30H,2,14H2,1H3/b23-21+. The number of pyridine rings is 1. The molecule has 34 heavy (non-hydrogen) atoms. The van der Waals surface area contributed by atoms with Crippen LogP contribution in [0.15, 0.2) is 83.1 Å². The zero-order valence-electron chi connectivity index (χ0n) is 18.3. The molecule has 0 saturated carbocycles. The monoisotopic (exact) mass is 520 g/mol. The van der Waals surface area contributed by atoms with Crippen LogP contribution in [0.4, 0.5) is 5.69 Å². The van der Waals surface area contributed by atoms with Crippen LogP contribution in [-0.2, 0) is 14.3 Å². The lowest BCUT2D eigenvalue weighted by atomic mass is 9.96. The minimum absolute atomic E-state index is 0.0354. The van der Waals surface area contributed by atoms with Crippen molar-refractivity contribution in [1.82, 2.24) is 4.98 Å². The van der Waals surface area contributed by atoms with E-state index in [0.717, 1.165) is 4.47 Å². The molecule has 3 aromatic rings. The van der Waals surface area contributed by atoms with E-state index in [2.05, 4.69) is 20.9 Å². The number of aromatic nitrogens is 1. The predicted octanol–water partition coefficient (Wildman–Crippen LogP) is 5.04. The number of esters is 1. The number of Topliss-reactive ketones (excluding diaryl/α,β-unsaturated/α-hetero) is 1. The van der Waals surface area contributed by atoms with Gasteiger partial charge in [0, 0.05) is 28.1 Å². The van der Waals surface area contributed by atoms with E-state index in [1.165, 1.54) is 4.90 Å².